The van der Waals surface area contributed by atoms with E-state index >= 15 is 0 Å². The van der Waals surface area contributed by atoms with Crippen LogP contribution in [0.4, 0.5) is 0 Å². The molecule has 0 unspecified atom stereocenters. The summed E-state index contributed by atoms with van der Waals surface area (Å²) < 4.78 is 4.97. The molecule has 5 N–H and O–H groups in total. The molecule has 0 saturated carbocycles. The average Bonchev–Trinajstić information content (AvgIpc) is 2.48. The van der Waals surface area contributed by atoms with Crippen molar-refractivity contribution in [2.24, 2.45) is 0 Å². The van der Waals surface area contributed by atoms with Crippen LogP contribution in [0, 0.1) is 0 Å². The minimum absolute atomic E-state index is 0. The summed E-state index contributed by atoms with van der Waals surface area (Å²) >= 11 is 0. The molecule has 0 spiro atoms. The Kier molecular flexibility index (Phi) is 166. The molecule has 0 aromatic carbocycles. The topological polar surface area (TPSA) is 133 Å². The molecular formula is C16H43O7Ta-. The standard InChI is InChI=1S/C6H14O2.4C2H6O.C2H5O.Ta/c1-2-3-5-8-6-4-7;5*1-2-3;/h7H,2-6H2,1H3;4*3H,2H2,1H3;2H2,1H3;/q;;;;;-1;. The Morgan fingerprint density at radius 1 is 0.667 bits per heavy atom. The molecule has 155 valence electrons. The Hall–Kier alpha value is 0.460. The third-order valence-electron chi connectivity index (χ3n) is 0.878. The molecule has 0 bridgehead atoms. The van der Waals surface area contributed by atoms with Gasteiger partial charge in [0, 0.05) is 55.4 Å². The predicted octanol–water partition coefficient (Wildman–Crippen LogP) is 0.154. The maximum absolute atomic E-state index is 8.93. The maximum Gasteiger partial charge on any atom is 0.0697 e. The Balaban J connectivity index is -0.0000000311. The van der Waals surface area contributed by atoms with Gasteiger partial charge >= 0.3 is 0 Å². The first-order chi connectivity index (χ1) is 11.0. The van der Waals surface area contributed by atoms with E-state index in [4.69, 9.17) is 35.4 Å². The molecule has 0 aliphatic carbocycles. The van der Waals surface area contributed by atoms with Crippen molar-refractivity contribution in [3.63, 3.8) is 0 Å². The smallest absolute Gasteiger partial charge is 0.0697 e. The van der Waals surface area contributed by atoms with Crippen molar-refractivity contribution in [1.82, 2.24) is 0 Å². The minimum Gasteiger partial charge on any atom is -0.855 e. The molecule has 0 aromatic heterocycles. The van der Waals surface area contributed by atoms with Gasteiger partial charge in [-0.1, -0.05) is 20.3 Å². The second-order valence-corrected chi connectivity index (χ2v) is 3.24. The van der Waals surface area contributed by atoms with E-state index < -0.39 is 0 Å². The van der Waals surface area contributed by atoms with Crippen LogP contribution in [-0.4, -0.2) is 78.4 Å². The normalized spacial score (nSPS) is 7.00. The van der Waals surface area contributed by atoms with E-state index in [-0.39, 0.29) is 62.0 Å². The van der Waals surface area contributed by atoms with E-state index in [0.29, 0.717) is 6.61 Å². The fourth-order valence-electron chi connectivity index (χ4n) is 0.413. The van der Waals surface area contributed by atoms with Crippen molar-refractivity contribution in [3.8, 4) is 0 Å². The van der Waals surface area contributed by atoms with Crippen molar-refractivity contribution in [2.45, 2.75) is 54.4 Å². The molecule has 7 nitrogen and oxygen atoms in total. The number of rotatable bonds is 5. The number of ether oxygens (including phenoxy) is 1. The van der Waals surface area contributed by atoms with Gasteiger partial charge in [-0.25, -0.2) is 0 Å². The van der Waals surface area contributed by atoms with E-state index in [1.807, 2.05) is 0 Å². The molecule has 8 heteroatoms. The second kappa shape index (κ2) is 90.1. The van der Waals surface area contributed by atoms with Gasteiger partial charge in [-0.3, -0.25) is 0 Å². The molecule has 1 radical (unpaired) electrons. The van der Waals surface area contributed by atoms with Crippen LogP contribution in [-0.2, 0) is 27.1 Å². The van der Waals surface area contributed by atoms with Crippen LogP contribution in [0.15, 0.2) is 0 Å². The molecule has 24 heavy (non-hydrogen) atoms. The molecule has 0 aliphatic rings. The molecule has 0 amide bonds. The fourth-order valence-corrected chi connectivity index (χ4v) is 0.413. The average molecular weight is 528 g/mol. The number of aliphatic hydroxyl groups excluding tert-OH is 5. The van der Waals surface area contributed by atoms with E-state index in [9.17, 15) is 0 Å². The zero-order valence-electron chi connectivity index (χ0n) is 16.6. The molecule has 0 heterocycles. The molecule has 0 rings (SSSR count). The maximum atomic E-state index is 8.93. The monoisotopic (exact) mass is 528 g/mol. The summed E-state index contributed by atoms with van der Waals surface area (Å²) in [5.41, 5.74) is 0. The minimum atomic E-state index is 0. The van der Waals surface area contributed by atoms with Gasteiger partial charge in [0.25, 0.3) is 0 Å². The van der Waals surface area contributed by atoms with Gasteiger partial charge in [-0.15, -0.1) is 6.61 Å². The second-order valence-electron chi connectivity index (χ2n) is 3.24. The van der Waals surface area contributed by atoms with E-state index in [1.54, 1.807) is 34.6 Å². The molecule has 0 aromatic rings. The van der Waals surface area contributed by atoms with Gasteiger partial charge in [0.15, 0.2) is 0 Å². The predicted molar refractivity (Wildman–Crippen MR) is 94.4 cm³/mol. The number of unbranched alkanes of at least 4 members (excludes halogenated alkanes) is 1. The third kappa shape index (κ3) is 347. The van der Waals surface area contributed by atoms with Gasteiger partial charge in [-0.2, -0.15) is 0 Å². The van der Waals surface area contributed by atoms with Crippen molar-refractivity contribution >= 4 is 0 Å². The van der Waals surface area contributed by atoms with Gasteiger partial charge in [0.2, 0.25) is 0 Å². The van der Waals surface area contributed by atoms with Crippen LogP contribution in [0.25, 0.3) is 0 Å². The van der Waals surface area contributed by atoms with Crippen LogP contribution < -0.4 is 5.11 Å². The first-order valence-electron chi connectivity index (χ1n) is 8.19. The number of hydrogen-bond acceptors (Lipinski definition) is 7. The summed E-state index contributed by atoms with van der Waals surface area (Å²) in [5.74, 6) is 0. The van der Waals surface area contributed by atoms with Crippen molar-refractivity contribution < 1.29 is 57.8 Å². The van der Waals surface area contributed by atoms with Crippen LogP contribution in [0.3, 0.4) is 0 Å². The number of hydrogen-bond donors (Lipinski definition) is 5. The molecule has 0 aliphatic heterocycles. The summed E-state index contributed by atoms with van der Waals surface area (Å²) in [6.07, 6.45) is 2.26. The van der Waals surface area contributed by atoms with Gasteiger partial charge < -0.3 is 35.4 Å². The van der Waals surface area contributed by atoms with Gasteiger partial charge in [0.1, 0.15) is 0 Å². The summed E-state index contributed by atoms with van der Waals surface area (Å²) in [6, 6.07) is 0. The van der Waals surface area contributed by atoms with Crippen LogP contribution in [0.5, 0.6) is 0 Å². The largest absolute Gasteiger partial charge is 0.855 e. The Morgan fingerprint density at radius 3 is 1.08 bits per heavy atom. The van der Waals surface area contributed by atoms with E-state index in [1.165, 1.54) is 0 Å². The zero-order chi connectivity index (χ0) is 19.8. The van der Waals surface area contributed by atoms with E-state index in [2.05, 4.69) is 6.92 Å². The fraction of sp³-hybridized carbons (Fsp3) is 1.00. The summed E-state index contributed by atoms with van der Waals surface area (Å²) in [7, 11) is 0. The molecular weight excluding hydrogens is 485 g/mol. The van der Waals surface area contributed by atoms with Crippen molar-refractivity contribution in [1.29, 1.82) is 0 Å². The molecule has 0 atom stereocenters. The van der Waals surface area contributed by atoms with Crippen molar-refractivity contribution in [3.05, 3.63) is 0 Å². The SMILES string of the molecule is CCCCOCCO.CCO.CCO.CCO.CCO.CC[O-].[Ta]. The quantitative estimate of drug-likeness (QED) is 0.321. The summed E-state index contributed by atoms with van der Waals surface area (Å²) in [4.78, 5) is 0. The number of aliphatic hydroxyl groups is 5. The van der Waals surface area contributed by atoms with Crippen LogP contribution >= 0.6 is 0 Å². The van der Waals surface area contributed by atoms with Crippen LogP contribution in [0.1, 0.15) is 54.4 Å². The Morgan fingerprint density at radius 2 is 0.917 bits per heavy atom. The zero-order valence-corrected chi connectivity index (χ0v) is 19.8. The Labute approximate surface area is 165 Å². The summed E-state index contributed by atoms with van der Waals surface area (Å²) in [5, 5.41) is 47.4. The van der Waals surface area contributed by atoms with E-state index in [0.717, 1.165) is 19.4 Å². The molecule has 0 fully saturated rings. The first-order valence-corrected chi connectivity index (χ1v) is 8.19. The van der Waals surface area contributed by atoms with Crippen molar-refractivity contribution in [2.75, 3.05) is 52.9 Å². The summed E-state index contributed by atoms with van der Waals surface area (Å²) in [6.45, 7) is 12.8. The third-order valence-corrected chi connectivity index (χ3v) is 0.878. The molecule has 0 saturated heterocycles. The van der Waals surface area contributed by atoms with Crippen LogP contribution in [0.2, 0.25) is 0 Å². The Bertz CT molecular complexity index is 84.9. The van der Waals surface area contributed by atoms with Gasteiger partial charge in [-0.05, 0) is 34.1 Å². The first kappa shape index (κ1) is 44.2. The van der Waals surface area contributed by atoms with Gasteiger partial charge in [0.05, 0.1) is 13.2 Å².